The van der Waals surface area contributed by atoms with Crippen molar-refractivity contribution >= 4 is 33.0 Å². The first-order valence-electron chi connectivity index (χ1n) is 6.26. The second-order valence-corrected chi connectivity index (χ2v) is 6.15. The lowest BCUT2D eigenvalue weighted by Crippen LogP contribution is -1.95. The maximum Gasteiger partial charge on any atom is 0.106 e. The summed E-state index contributed by atoms with van der Waals surface area (Å²) in [6.07, 6.45) is 0. The van der Waals surface area contributed by atoms with Crippen LogP contribution in [0.4, 0.5) is 0 Å². The Balaban J connectivity index is 2.16. The molecule has 0 radical (unpaired) electrons. The smallest absolute Gasteiger partial charge is 0.106 e. The molecule has 2 aromatic heterocycles. The van der Waals surface area contributed by atoms with E-state index in [-0.39, 0.29) is 5.38 Å². The summed E-state index contributed by atoms with van der Waals surface area (Å²) in [7, 11) is 0. The zero-order chi connectivity index (χ0) is 13.6. The summed E-state index contributed by atoms with van der Waals surface area (Å²) >= 11 is 8.46. The van der Waals surface area contributed by atoms with E-state index in [2.05, 4.69) is 36.6 Å². The maximum absolute atomic E-state index is 6.72. The van der Waals surface area contributed by atoms with Crippen LogP contribution in [0.15, 0.2) is 34.1 Å². The highest BCUT2D eigenvalue weighted by Gasteiger charge is 2.22. The van der Waals surface area contributed by atoms with Gasteiger partial charge in [-0.15, -0.1) is 22.9 Å². The number of hydrogen-bond donors (Lipinski definition) is 0. The molecule has 3 heteroatoms. The molecule has 2 heterocycles. The van der Waals surface area contributed by atoms with Crippen LogP contribution in [0.2, 0.25) is 0 Å². The number of rotatable bonds is 2. The van der Waals surface area contributed by atoms with Gasteiger partial charge >= 0.3 is 0 Å². The molecule has 3 rings (SSSR count). The standard InChI is InChI=1S/C16H15ClOS/c1-9-10(2)18-11(3)15(9)16(17)13-8-19-14-7-5-4-6-12(13)14/h4-8,16H,1-3H3. The summed E-state index contributed by atoms with van der Waals surface area (Å²) in [5.74, 6) is 1.88. The molecule has 1 nitrogen and oxygen atoms in total. The predicted molar refractivity (Wildman–Crippen MR) is 82.4 cm³/mol. The molecule has 0 spiro atoms. The van der Waals surface area contributed by atoms with Crippen molar-refractivity contribution in [1.82, 2.24) is 0 Å². The fourth-order valence-corrected chi connectivity index (χ4v) is 4.09. The van der Waals surface area contributed by atoms with E-state index < -0.39 is 0 Å². The zero-order valence-electron chi connectivity index (χ0n) is 11.2. The summed E-state index contributed by atoms with van der Waals surface area (Å²) in [6.45, 7) is 6.05. The minimum absolute atomic E-state index is 0.145. The first-order valence-corrected chi connectivity index (χ1v) is 7.58. The van der Waals surface area contributed by atoms with Gasteiger partial charge in [0.25, 0.3) is 0 Å². The van der Waals surface area contributed by atoms with Crippen molar-refractivity contribution in [1.29, 1.82) is 0 Å². The van der Waals surface area contributed by atoms with Crippen LogP contribution in [0.1, 0.15) is 33.6 Å². The monoisotopic (exact) mass is 290 g/mol. The summed E-state index contributed by atoms with van der Waals surface area (Å²) in [5.41, 5.74) is 3.45. The van der Waals surface area contributed by atoms with Gasteiger partial charge in [-0.25, -0.2) is 0 Å². The number of aryl methyl sites for hydroxylation is 2. The Kier molecular flexibility index (Phi) is 3.15. The molecule has 98 valence electrons. The highest BCUT2D eigenvalue weighted by Crippen LogP contribution is 2.41. The Morgan fingerprint density at radius 3 is 2.53 bits per heavy atom. The van der Waals surface area contributed by atoms with E-state index in [4.69, 9.17) is 16.0 Å². The van der Waals surface area contributed by atoms with Gasteiger partial charge in [0.15, 0.2) is 0 Å². The number of halogens is 1. The van der Waals surface area contributed by atoms with Gasteiger partial charge in [0.1, 0.15) is 11.5 Å². The van der Waals surface area contributed by atoms with Gasteiger partial charge in [0.2, 0.25) is 0 Å². The summed E-state index contributed by atoms with van der Waals surface area (Å²) in [4.78, 5) is 0. The minimum atomic E-state index is -0.145. The Labute approximate surface area is 121 Å². The van der Waals surface area contributed by atoms with Gasteiger partial charge in [0, 0.05) is 10.3 Å². The average molecular weight is 291 g/mol. The molecule has 1 atom stereocenters. The van der Waals surface area contributed by atoms with Crippen molar-refractivity contribution in [2.24, 2.45) is 0 Å². The van der Waals surface area contributed by atoms with E-state index in [1.807, 2.05) is 13.8 Å². The molecule has 0 N–H and O–H groups in total. The Bertz CT molecular complexity index is 738. The number of hydrogen-bond acceptors (Lipinski definition) is 2. The van der Waals surface area contributed by atoms with Gasteiger partial charge in [-0.05, 0) is 48.7 Å². The third kappa shape index (κ3) is 1.99. The molecule has 0 bridgehead atoms. The van der Waals surface area contributed by atoms with E-state index in [1.54, 1.807) is 11.3 Å². The fraction of sp³-hybridized carbons (Fsp3) is 0.250. The molecular formula is C16H15ClOS. The third-order valence-electron chi connectivity index (χ3n) is 3.66. The highest BCUT2D eigenvalue weighted by atomic mass is 35.5. The van der Waals surface area contributed by atoms with Crippen LogP contribution in [0.3, 0.4) is 0 Å². The largest absolute Gasteiger partial charge is 0.466 e. The quantitative estimate of drug-likeness (QED) is 0.548. The molecule has 0 saturated heterocycles. The fourth-order valence-electron chi connectivity index (χ4n) is 2.53. The molecule has 0 saturated carbocycles. The molecule has 0 fully saturated rings. The number of benzene rings is 1. The van der Waals surface area contributed by atoms with Crippen LogP contribution in [0.25, 0.3) is 10.1 Å². The van der Waals surface area contributed by atoms with E-state index in [0.29, 0.717) is 0 Å². The van der Waals surface area contributed by atoms with Crippen LogP contribution < -0.4 is 0 Å². The zero-order valence-corrected chi connectivity index (χ0v) is 12.7. The van der Waals surface area contributed by atoms with Crippen LogP contribution in [-0.2, 0) is 0 Å². The maximum atomic E-state index is 6.72. The molecule has 1 unspecified atom stereocenters. The van der Waals surface area contributed by atoms with Crippen LogP contribution in [0.5, 0.6) is 0 Å². The van der Waals surface area contributed by atoms with E-state index in [1.165, 1.54) is 15.6 Å². The Morgan fingerprint density at radius 1 is 1.11 bits per heavy atom. The summed E-state index contributed by atoms with van der Waals surface area (Å²) < 4.78 is 6.97. The molecule has 3 aromatic rings. The third-order valence-corrected chi connectivity index (χ3v) is 5.09. The van der Waals surface area contributed by atoms with Crippen molar-refractivity contribution in [2.45, 2.75) is 26.1 Å². The Hall–Kier alpha value is -1.25. The molecule has 0 amide bonds. The summed E-state index contributed by atoms with van der Waals surface area (Å²) in [6, 6.07) is 8.38. The lowest BCUT2D eigenvalue weighted by atomic mass is 10.0. The van der Waals surface area contributed by atoms with Gasteiger partial charge in [0.05, 0.1) is 5.38 Å². The lowest BCUT2D eigenvalue weighted by Gasteiger charge is -2.09. The predicted octanol–water partition coefficient (Wildman–Crippen LogP) is 5.75. The van der Waals surface area contributed by atoms with Crippen LogP contribution in [-0.4, -0.2) is 0 Å². The van der Waals surface area contributed by atoms with Gasteiger partial charge < -0.3 is 4.42 Å². The number of furan rings is 1. The highest BCUT2D eigenvalue weighted by molar-refractivity contribution is 7.17. The molecule has 0 aliphatic heterocycles. The van der Waals surface area contributed by atoms with Gasteiger partial charge in [-0.3, -0.25) is 0 Å². The molecule has 0 aliphatic carbocycles. The van der Waals surface area contributed by atoms with E-state index in [9.17, 15) is 0 Å². The van der Waals surface area contributed by atoms with E-state index in [0.717, 1.165) is 22.6 Å². The number of thiophene rings is 1. The molecule has 0 aliphatic rings. The molecular weight excluding hydrogens is 276 g/mol. The van der Waals surface area contributed by atoms with Crippen molar-refractivity contribution in [3.63, 3.8) is 0 Å². The topological polar surface area (TPSA) is 13.1 Å². The first-order chi connectivity index (χ1) is 9.09. The molecule has 19 heavy (non-hydrogen) atoms. The lowest BCUT2D eigenvalue weighted by molar-refractivity contribution is 0.500. The van der Waals surface area contributed by atoms with Crippen molar-refractivity contribution in [3.8, 4) is 0 Å². The Morgan fingerprint density at radius 2 is 1.84 bits per heavy atom. The second kappa shape index (κ2) is 4.69. The average Bonchev–Trinajstić information content (AvgIpc) is 2.91. The SMILES string of the molecule is Cc1oc(C)c(C(Cl)c2csc3ccccc23)c1C. The van der Waals surface area contributed by atoms with Gasteiger partial charge in [-0.2, -0.15) is 0 Å². The van der Waals surface area contributed by atoms with Crippen LogP contribution in [0, 0.1) is 20.8 Å². The van der Waals surface area contributed by atoms with Crippen LogP contribution >= 0.6 is 22.9 Å². The number of fused-ring (bicyclic) bond motifs is 1. The summed E-state index contributed by atoms with van der Waals surface area (Å²) in [5, 5.41) is 3.25. The van der Waals surface area contributed by atoms with Crippen molar-refractivity contribution < 1.29 is 4.42 Å². The van der Waals surface area contributed by atoms with E-state index >= 15 is 0 Å². The first kappa shape index (κ1) is 12.8. The van der Waals surface area contributed by atoms with Gasteiger partial charge in [-0.1, -0.05) is 18.2 Å². The second-order valence-electron chi connectivity index (χ2n) is 4.80. The van der Waals surface area contributed by atoms with Crippen molar-refractivity contribution in [2.75, 3.05) is 0 Å². The normalized spacial score (nSPS) is 13.1. The molecule has 1 aromatic carbocycles. The number of alkyl halides is 1. The van der Waals surface area contributed by atoms with Crippen molar-refractivity contribution in [3.05, 3.63) is 57.9 Å². The minimum Gasteiger partial charge on any atom is -0.466 e.